The van der Waals surface area contributed by atoms with Crippen molar-refractivity contribution >= 4 is 17.5 Å². The van der Waals surface area contributed by atoms with Gasteiger partial charge in [0.2, 0.25) is 0 Å². The summed E-state index contributed by atoms with van der Waals surface area (Å²) < 4.78 is 20.6. The fourth-order valence-electron chi connectivity index (χ4n) is 2.99. The number of carbonyl (C=O) groups is 1. The Balaban J connectivity index is 1.58. The van der Waals surface area contributed by atoms with Crippen LogP contribution in [-0.4, -0.2) is 40.1 Å². The smallest absolute Gasteiger partial charge is 0.260 e. The molecule has 1 aliphatic rings. The van der Waals surface area contributed by atoms with Gasteiger partial charge in [0.25, 0.3) is 5.91 Å². The molecule has 0 aliphatic carbocycles. The van der Waals surface area contributed by atoms with Gasteiger partial charge in [0.15, 0.2) is 6.61 Å². The Morgan fingerprint density at radius 3 is 3.04 bits per heavy atom. The van der Waals surface area contributed by atoms with Gasteiger partial charge in [-0.1, -0.05) is 11.6 Å². The van der Waals surface area contributed by atoms with Gasteiger partial charge in [-0.25, -0.2) is 9.37 Å². The van der Waals surface area contributed by atoms with E-state index in [4.69, 9.17) is 16.3 Å². The minimum absolute atomic E-state index is 0.0206. The number of aromatic nitrogens is 2. The molecule has 1 aromatic carbocycles. The molecule has 1 atom stereocenters. The third-order valence-electron chi connectivity index (χ3n) is 4.25. The minimum atomic E-state index is -0.510. The number of benzene rings is 1. The van der Waals surface area contributed by atoms with Crippen LogP contribution < -0.4 is 4.74 Å². The number of nitrogens with zero attached hydrogens (tertiary/aromatic N) is 3. The lowest BCUT2D eigenvalue weighted by Gasteiger charge is -2.32. The first-order valence-electron chi connectivity index (χ1n) is 7.87. The van der Waals surface area contributed by atoms with E-state index in [9.17, 15) is 9.18 Å². The van der Waals surface area contributed by atoms with Gasteiger partial charge >= 0.3 is 0 Å². The standard InChI is InChI=1S/C17H19ClFN3O2/c1-21-8-6-20-17(21)12-3-2-7-22(10-12)16(23)11-24-13-4-5-15(19)14(18)9-13/h4-6,8-9,12H,2-3,7,10-11H2,1H3/t12-/m1/s1. The number of rotatable bonds is 4. The maximum absolute atomic E-state index is 13.1. The van der Waals surface area contributed by atoms with Crippen molar-refractivity contribution in [3.05, 3.63) is 47.3 Å². The molecule has 0 bridgehead atoms. The van der Waals surface area contributed by atoms with Crippen LogP contribution in [0.15, 0.2) is 30.6 Å². The quantitative estimate of drug-likeness (QED) is 0.850. The summed E-state index contributed by atoms with van der Waals surface area (Å²) in [7, 11) is 1.96. The van der Waals surface area contributed by atoms with Gasteiger partial charge in [0.05, 0.1) is 5.02 Å². The summed E-state index contributed by atoms with van der Waals surface area (Å²) in [5, 5.41) is -0.0206. The lowest BCUT2D eigenvalue weighted by atomic mass is 9.97. The van der Waals surface area contributed by atoms with E-state index in [0.717, 1.165) is 18.7 Å². The summed E-state index contributed by atoms with van der Waals surface area (Å²) in [4.78, 5) is 18.6. The zero-order chi connectivity index (χ0) is 17.1. The molecule has 0 unspecified atom stereocenters. The number of likely N-dealkylation sites (tertiary alicyclic amines) is 1. The average molecular weight is 352 g/mol. The third-order valence-corrected chi connectivity index (χ3v) is 4.54. The van der Waals surface area contributed by atoms with E-state index < -0.39 is 5.82 Å². The molecule has 0 N–H and O–H groups in total. The van der Waals surface area contributed by atoms with E-state index in [1.54, 1.807) is 11.1 Å². The van der Waals surface area contributed by atoms with Crippen LogP contribution in [-0.2, 0) is 11.8 Å². The Hall–Kier alpha value is -2.08. The van der Waals surface area contributed by atoms with E-state index in [0.29, 0.717) is 18.8 Å². The van der Waals surface area contributed by atoms with Gasteiger partial charge in [-0.3, -0.25) is 4.79 Å². The maximum atomic E-state index is 13.1. The third kappa shape index (κ3) is 3.70. The zero-order valence-corrected chi connectivity index (χ0v) is 14.2. The second-order valence-corrected chi connectivity index (χ2v) is 6.35. The fourth-order valence-corrected chi connectivity index (χ4v) is 3.16. The first-order chi connectivity index (χ1) is 11.5. The molecular formula is C17H19ClFN3O2. The van der Waals surface area contributed by atoms with Crippen LogP contribution in [0.5, 0.6) is 5.75 Å². The number of hydrogen-bond acceptors (Lipinski definition) is 3. The Kier molecular flexibility index (Phi) is 5.04. The Bertz CT molecular complexity index is 734. The van der Waals surface area contributed by atoms with Crippen molar-refractivity contribution in [3.8, 4) is 5.75 Å². The maximum Gasteiger partial charge on any atom is 0.260 e. The predicted molar refractivity (Wildman–Crippen MR) is 88.7 cm³/mol. The summed E-state index contributed by atoms with van der Waals surface area (Å²) >= 11 is 5.71. The van der Waals surface area contributed by atoms with E-state index >= 15 is 0 Å². The topological polar surface area (TPSA) is 47.4 Å². The molecule has 2 aromatic rings. The van der Waals surface area contributed by atoms with Crippen LogP contribution in [0.4, 0.5) is 4.39 Å². The van der Waals surface area contributed by atoms with Crippen LogP contribution in [0.2, 0.25) is 5.02 Å². The Morgan fingerprint density at radius 1 is 1.50 bits per heavy atom. The molecule has 2 heterocycles. The number of aryl methyl sites for hydroxylation is 1. The molecule has 0 radical (unpaired) electrons. The highest BCUT2D eigenvalue weighted by Crippen LogP contribution is 2.26. The van der Waals surface area contributed by atoms with Crippen LogP contribution in [0, 0.1) is 5.82 Å². The number of ether oxygens (including phenoxy) is 1. The molecule has 0 saturated carbocycles. The van der Waals surface area contributed by atoms with E-state index in [1.165, 1.54) is 18.2 Å². The molecule has 1 fully saturated rings. The van der Waals surface area contributed by atoms with Crippen molar-refractivity contribution in [2.75, 3.05) is 19.7 Å². The van der Waals surface area contributed by atoms with Crippen molar-refractivity contribution in [2.45, 2.75) is 18.8 Å². The molecule has 0 spiro atoms. The number of imidazole rings is 1. The van der Waals surface area contributed by atoms with Crippen LogP contribution >= 0.6 is 11.6 Å². The average Bonchev–Trinajstić information content (AvgIpc) is 3.02. The lowest BCUT2D eigenvalue weighted by Crippen LogP contribution is -2.42. The molecular weight excluding hydrogens is 333 g/mol. The van der Waals surface area contributed by atoms with E-state index in [1.807, 2.05) is 17.8 Å². The van der Waals surface area contributed by atoms with Gasteiger partial charge in [0, 0.05) is 44.5 Å². The fraction of sp³-hybridized carbons (Fsp3) is 0.412. The molecule has 7 heteroatoms. The summed E-state index contributed by atoms with van der Waals surface area (Å²) in [6.07, 6.45) is 5.64. The van der Waals surface area contributed by atoms with Crippen molar-refractivity contribution < 1.29 is 13.9 Å². The van der Waals surface area contributed by atoms with E-state index in [-0.39, 0.29) is 23.5 Å². The molecule has 1 amide bonds. The number of amides is 1. The van der Waals surface area contributed by atoms with Crippen molar-refractivity contribution in [2.24, 2.45) is 7.05 Å². The second-order valence-electron chi connectivity index (χ2n) is 5.94. The van der Waals surface area contributed by atoms with Crippen molar-refractivity contribution in [1.29, 1.82) is 0 Å². The normalized spacial score (nSPS) is 17.8. The van der Waals surface area contributed by atoms with Crippen LogP contribution in [0.1, 0.15) is 24.6 Å². The molecule has 5 nitrogen and oxygen atoms in total. The lowest BCUT2D eigenvalue weighted by molar-refractivity contribution is -0.134. The highest BCUT2D eigenvalue weighted by molar-refractivity contribution is 6.30. The Morgan fingerprint density at radius 2 is 2.33 bits per heavy atom. The molecule has 1 aliphatic heterocycles. The first kappa shape index (κ1) is 16.8. The highest BCUT2D eigenvalue weighted by atomic mass is 35.5. The van der Waals surface area contributed by atoms with Gasteiger partial charge in [-0.05, 0) is 25.0 Å². The van der Waals surface area contributed by atoms with Gasteiger partial charge in [0.1, 0.15) is 17.4 Å². The van der Waals surface area contributed by atoms with Crippen LogP contribution in [0.3, 0.4) is 0 Å². The van der Waals surface area contributed by atoms with E-state index in [2.05, 4.69) is 4.98 Å². The van der Waals surface area contributed by atoms with Gasteiger partial charge in [-0.15, -0.1) is 0 Å². The minimum Gasteiger partial charge on any atom is -0.484 e. The number of piperidine rings is 1. The second kappa shape index (κ2) is 7.21. The number of carbonyl (C=O) groups excluding carboxylic acids is 1. The molecule has 1 saturated heterocycles. The summed E-state index contributed by atoms with van der Waals surface area (Å²) in [6, 6.07) is 4.05. The van der Waals surface area contributed by atoms with Crippen molar-refractivity contribution in [3.63, 3.8) is 0 Å². The van der Waals surface area contributed by atoms with Crippen molar-refractivity contribution in [1.82, 2.24) is 14.5 Å². The molecule has 1 aromatic heterocycles. The first-order valence-corrected chi connectivity index (χ1v) is 8.25. The van der Waals surface area contributed by atoms with Gasteiger partial charge < -0.3 is 14.2 Å². The number of halogens is 2. The summed E-state index contributed by atoms with van der Waals surface area (Å²) in [5.74, 6) is 1.02. The monoisotopic (exact) mass is 351 g/mol. The molecule has 3 rings (SSSR count). The highest BCUT2D eigenvalue weighted by Gasteiger charge is 2.27. The van der Waals surface area contributed by atoms with Gasteiger partial charge in [-0.2, -0.15) is 0 Å². The SMILES string of the molecule is Cn1ccnc1[C@@H]1CCCN(C(=O)COc2ccc(F)c(Cl)c2)C1. The molecule has 128 valence electrons. The summed E-state index contributed by atoms with van der Waals surface area (Å²) in [6.45, 7) is 1.26. The molecule has 24 heavy (non-hydrogen) atoms. The Labute approximate surface area is 145 Å². The number of hydrogen-bond donors (Lipinski definition) is 0. The predicted octanol–water partition coefficient (Wildman–Crippen LogP) is 3.00. The largest absolute Gasteiger partial charge is 0.484 e. The van der Waals surface area contributed by atoms with Crippen LogP contribution in [0.25, 0.3) is 0 Å². The zero-order valence-electron chi connectivity index (χ0n) is 13.4. The summed E-state index contributed by atoms with van der Waals surface area (Å²) in [5.41, 5.74) is 0.